The molecule has 2 fully saturated rings. The summed E-state index contributed by atoms with van der Waals surface area (Å²) in [5.41, 5.74) is 1.17. The maximum absolute atomic E-state index is 12.6. The smallest absolute Gasteiger partial charge is 0.247 e. The monoisotopic (exact) mass is 300 g/mol. The lowest BCUT2D eigenvalue weighted by atomic mass is 9.97. The van der Waals surface area contributed by atoms with Gasteiger partial charge in [0.1, 0.15) is 0 Å². The van der Waals surface area contributed by atoms with E-state index < -0.39 is 0 Å². The molecule has 118 valence electrons. The number of nitrogens with zero attached hydrogens (tertiary/aromatic N) is 2. The van der Waals surface area contributed by atoms with Crippen LogP contribution in [0.4, 0.5) is 0 Å². The van der Waals surface area contributed by atoms with Crippen LogP contribution in [0, 0.1) is 5.92 Å². The molecule has 2 aliphatic heterocycles. The van der Waals surface area contributed by atoms with Gasteiger partial charge in [-0.05, 0) is 43.8 Å². The van der Waals surface area contributed by atoms with Gasteiger partial charge in [-0.3, -0.25) is 19.4 Å². The summed E-state index contributed by atoms with van der Waals surface area (Å²) in [7, 11) is 0. The molecule has 0 aromatic heterocycles. The first kappa shape index (κ1) is 15.2. The summed E-state index contributed by atoms with van der Waals surface area (Å²) in [6.45, 7) is 4.64. The summed E-state index contributed by atoms with van der Waals surface area (Å²) < 4.78 is 0. The van der Waals surface area contributed by atoms with Crippen LogP contribution in [0.1, 0.15) is 31.7 Å². The number of rotatable bonds is 4. The molecule has 1 unspecified atom stereocenters. The summed E-state index contributed by atoms with van der Waals surface area (Å²) in [6, 6.07) is 9.81. The highest BCUT2D eigenvalue weighted by molar-refractivity contribution is 6.05. The van der Waals surface area contributed by atoms with Crippen LogP contribution < -0.4 is 0 Å². The molecule has 1 aromatic rings. The highest BCUT2D eigenvalue weighted by Gasteiger charge is 2.42. The number of benzene rings is 1. The highest BCUT2D eigenvalue weighted by atomic mass is 16.2. The molecular weight excluding hydrogens is 276 g/mol. The fourth-order valence-electron chi connectivity index (χ4n) is 3.41. The van der Waals surface area contributed by atoms with Gasteiger partial charge >= 0.3 is 0 Å². The van der Waals surface area contributed by atoms with Gasteiger partial charge in [0.05, 0.1) is 12.5 Å². The number of likely N-dealkylation sites (tertiary alicyclic amines) is 2. The maximum atomic E-state index is 12.6. The van der Waals surface area contributed by atoms with E-state index in [-0.39, 0.29) is 17.9 Å². The Balaban J connectivity index is 1.59. The summed E-state index contributed by atoms with van der Waals surface area (Å²) in [5.74, 6) is 0.734. The van der Waals surface area contributed by atoms with Crippen LogP contribution in [0.15, 0.2) is 30.3 Å². The summed E-state index contributed by atoms with van der Waals surface area (Å²) in [6.07, 6.45) is 3.36. The van der Waals surface area contributed by atoms with Crippen molar-refractivity contribution >= 4 is 11.8 Å². The highest BCUT2D eigenvalue weighted by Crippen LogP contribution is 2.24. The van der Waals surface area contributed by atoms with Crippen molar-refractivity contribution in [2.75, 3.05) is 19.6 Å². The average Bonchev–Trinajstić information content (AvgIpc) is 2.82. The lowest BCUT2D eigenvalue weighted by Crippen LogP contribution is -2.45. The molecule has 2 aliphatic rings. The predicted octanol–water partition coefficient (Wildman–Crippen LogP) is 2.09. The Bertz CT molecular complexity index is 535. The number of hydrogen-bond donors (Lipinski definition) is 0. The van der Waals surface area contributed by atoms with E-state index in [1.807, 2.05) is 30.3 Å². The standard InChI is InChI=1S/C18H24N2O2/c1-14-7-10-19(11-8-14)16-13-17(21)20(18(16)22)12-9-15-5-3-2-4-6-15/h2-6,14,16H,7-13H2,1H3. The number of hydrogen-bond acceptors (Lipinski definition) is 3. The van der Waals surface area contributed by atoms with Crippen LogP contribution in [0.25, 0.3) is 0 Å². The Morgan fingerprint density at radius 2 is 1.77 bits per heavy atom. The van der Waals surface area contributed by atoms with Crippen molar-refractivity contribution in [3.05, 3.63) is 35.9 Å². The fraction of sp³-hybridized carbons (Fsp3) is 0.556. The molecule has 0 N–H and O–H groups in total. The molecule has 4 heteroatoms. The molecule has 4 nitrogen and oxygen atoms in total. The molecule has 1 atom stereocenters. The van der Waals surface area contributed by atoms with Crippen LogP contribution in [-0.4, -0.2) is 47.3 Å². The maximum Gasteiger partial charge on any atom is 0.247 e. The molecule has 0 spiro atoms. The van der Waals surface area contributed by atoms with E-state index in [4.69, 9.17) is 0 Å². The zero-order valence-corrected chi connectivity index (χ0v) is 13.2. The topological polar surface area (TPSA) is 40.6 Å². The van der Waals surface area contributed by atoms with Gasteiger partial charge in [0.2, 0.25) is 11.8 Å². The average molecular weight is 300 g/mol. The number of imide groups is 1. The number of carbonyl (C=O) groups is 2. The number of piperidine rings is 1. The Kier molecular flexibility index (Phi) is 4.57. The van der Waals surface area contributed by atoms with Crippen molar-refractivity contribution in [3.63, 3.8) is 0 Å². The molecule has 1 aromatic carbocycles. The van der Waals surface area contributed by atoms with Gasteiger partial charge in [0, 0.05) is 6.54 Å². The van der Waals surface area contributed by atoms with Gasteiger partial charge in [-0.1, -0.05) is 37.3 Å². The summed E-state index contributed by atoms with van der Waals surface area (Å²) in [4.78, 5) is 28.5. The van der Waals surface area contributed by atoms with Crippen molar-refractivity contribution in [1.82, 2.24) is 9.80 Å². The molecule has 2 heterocycles. The minimum absolute atomic E-state index is 0.00967. The van der Waals surface area contributed by atoms with Crippen molar-refractivity contribution in [1.29, 1.82) is 0 Å². The second kappa shape index (κ2) is 6.61. The third-order valence-electron chi connectivity index (χ3n) is 4.95. The van der Waals surface area contributed by atoms with Gasteiger partial charge in [0.15, 0.2) is 0 Å². The van der Waals surface area contributed by atoms with Crippen molar-refractivity contribution < 1.29 is 9.59 Å². The molecular formula is C18H24N2O2. The third kappa shape index (κ3) is 3.22. The van der Waals surface area contributed by atoms with Gasteiger partial charge < -0.3 is 0 Å². The van der Waals surface area contributed by atoms with Crippen LogP contribution in [0.2, 0.25) is 0 Å². The normalized spacial score (nSPS) is 24.2. The lowest BCUT2D eigenvalue weighted by Gasteiger charge is -2.33. The fourth-order valence-corrected chi connectivity index (χ4v) is 3.41. The predicted molar refractivity (Wildman–Crippen MR) is 85.2 cm³/mol. The summed E-state index contributed by atoms with van der Waals surface area (Å²) in [5, 5.41) is 0. The van der Waals surface area contributed by atoms with E-state index in [2.05, 4.69) is 11.8 Å². The van der Waals surface area contributed by atoms with Crippen LogP contribution in [-0.2, 0) is 16.0 Å². The van der Waals surface area contributed by atoms with Gasteiger partial charge in [-0.25, -0.2) is 0 Å². The summed E-state index contributed by atoms with van der Waals surface area (Å²) >= 11 is 0. The Morgan fingerprint density at radius 3 is 2.45 bits per heavy atom. The molecule has 22 heavy (non-hydrogen) atoms. The SMILES string of the molecule is CC1CCN(C2CC(=O)N(CCc3ccccc3)C2=O)CC1. The quantitative estimate of drug-likeness (QED) is 0.800. The van der Waals surface area contributed by atoms with Crippen molar-refractivity contribution in [2.24, 2.45) is 5.92 Å². The van der Waals surface area contributed by atoms with E-state index >= 15 is 0 Å². The number of amides is 2. The molecule has 2 amide bonds. The minimum atomic E-state index is -0.212. The zero-order chi connectivity index (χ0) is 15.5. The number of carbonyl (C=O) groups excluding carboxylic acids is 2. The molecule has 0 bridgehead atoms. The first-order valence-corrected chi connectivity index (χ1v) is 8.27. The Hall–Kier alpha value is -1.68. The molecule has 3 rings (SSSR count). The Labute approximate surface area is 132 Å². The van der Waals surface area contributed by atoms with Crippen LogP contribution >= 0.6 is 0 Å². The molecule has 0 saturated carbocycles. The molecule has 2 saturated heterocycles. The van der Waals surface area contributed by atoms with Crippen molar-refractivity contribution in [2.45, 2.75) is 38.6 Å². The second-order valence-electron chi connectivity index (χ2n) is 6.56. The van der Waals surface area contributed by atoms with E-state index in [1.165, 1.54) is 10.5 Å². The van der Waals surface area contributed by atoms with E-state index in [0.29, 0.717) is 13.0 Å². The van der Waals surface area contributed by atoms with E-state index in [9.17, 15) is 9.59 Å². The first-order valence-electron chi connectivity index (χ1n) is 8.27. The van der Waals surface area contributed by atoms with Crippen molar-refractivity contribution in [3.8, 4) is 0 Å². The second-order valence-corrected chi connectivity index (χ2v) is 6.56. The Morgan fingerprint density at radius 1 is 1.09 bits per heavy atom. The lowest BCUT2D eigenvalue weighted by molar-refractivity contribution is -0.139. The van der Waals surface area contributed by atoms with E-state index in [1.54, 1.807) is 0 Å². The van der Waals surface area contributed by atoms with Gasteiger partial charge in [0.25, 0.3) is 0 Å². The van der Waals surface area contributed by atoms with Gasteiger partial charge in [-0.15, -0.1) is 0 Å². The van der Waals surface area contributed by atoms with E-state index in [0.717, 1.165) is 38.3 Å². The largest absolute Gasteiger partial charge is 0.292 e. The zero-order valence-electron chi connectivity index (χ0n) is 13.2. The van der Waals surface area contributed by atoms with Crippen LogP contribution in [0.5, 0.6) is 0 Å². The van der Waals surface area contributed by atoms with Crippen LogP contribution in [0.3, 0.4) is 0 Å². The third-order valence-corrected chi connectivity index (χ3v) is 4.95. The van der Waals surface area contributed by atoms with Gasteiger partial charge in [-0.2, -0.15) is 0 Å². The molecule has 0 aliphatic carbocycles. The minimum Gasteiger partial charge on any atom is -0.292 e. The molecule has 0 radical (unpaired) electrons. The first-order chi connectivity index (χ1) is 10.6.